The zero-order valence-corrected chi connectivity index (χ0v) is 15.1. The van der Waals surface area contributed by atoms with E-state index in [2.05, 4.69) is 10.6 Å². The molecule has 8 nitrogen and oxygen atoms in total. The molecular weight excluding hydrogens is 358 g/mol. The largest absolute Gasteiger partial charge is 0.374 e. The monoisotopic (exact) mass is 377 g/mol. The molecule has 0 aliphatic heterocycles. The fourth-order valence-electron chi connectivity index (χ4n) is 2.31. The summed E-state index contributed by atoms with van der Waals surface area (Å²) in [5, 5.41) is 16.6. The van der Waals surface area contributed by atoms with Crippen LogP contribution in [0, 0.1) is 10.1 Å². The van der Waals surface area contributed by atoms with Gasteiger partial charge >= 0.3 is 0 Å². The van der Waals surface area contributed by atoms with Crippen LogP contribution in [0.2, 0.25) is 0 Å². The number of rotatable bonds is 7. The minimum atomic E-state index is -3.79. The number of sulfone groups is 1. The normalized spacial score (nSPS) is 12.2. The first kappa shape index (κ1) is 19.4. The predicted molar refractivity (Wildman–Crippen MR) is 97.6 cm³/mol. The number of carbonyl (C=O) groups is 1. The second-order valence-electron chi connectivity index (χ2n) is 5.78. The zero-order chi connectivity index (χ0) is 19.3. The summed E-state index contributed by atoms with van der Waals surface area (Å²) in [6.45, 7) is 1.97. The number of nitrogens with zero attached hydrogens (tertiary/aromatic N) is 1. The highest BCUT2D eigenvalue weighted by Crippen LogP contribution is 2.27. The van der Waals surface area contributed by atoms with E-state index in [0.29, 0.717) is 12.2 Å². The Balaban J connectivity index is 2.09. The van der Waals surface area contributed by atoms with Gasteiger partial charge in [-0.15, -0.1) is 0 Å². The summed E-state index contributed by atoms with van der Waals surface area (Å²) in [6, 6.07) is 12.4. The molecule has 0 heterocycles. The van der Waals surface area contributed by atoms with E-state index in [1.807, 2.05) is 30.3 Å². The Morgan fingerprint density at radius 1 is 1.19 bits per heavy atom. The van der Waals surface area contributed by atoms with E-state index in [4.69, 9.17) is 0 Å². The van der Waals surface area contributed by atoms with Crippen LogP contribution in [0.5, 0.6) is 0 Å². The predicted octanol–water partition coefficient (Wildman–Crippen LogP) is 2.12. The molecule has 2 aromatic carbocycles. The van der Waals surface area contributed by atoms with Crippen LogP contribution in [0.1, 0.15) is 12.5 Å². The first-order valence-electron chi connectivity index (χ1n) is 7.75. The summed E-state index contributed by atoms with van der Waals surface area (Å²) >= 11 is 0. The Hall–Kier alpha value is -2.94. The molecule has 0 radical (unpaired) electrons. The molecule has 0 aromatic heterocycles. The minimum Gasteiger partial charge on any atom is -0.374 e. The molecule has 0 bridgehead atoms. The van der Waals surface area contributed by atoms with Gasteiger partial charge in [0.25, 0.3) is 5.69 Å². The smallest absolute Gasteiger partial charge is 0.288 e. The number of hydrogen-bond donors (Lipinski definition) is 2. The number of nitro benzene ring substituents is 1. The van der Waals surface area contributed by atoms with Crippen molar-refractivity contribution < 1.29 is 18.1 Å². The van der Waals surface area contributed by atoms with Crippen molar-refractivity contribution in [3.63, 3.8) is 0 Å². The number of nitrogens with one attached hydrogen (secondary N) is 2. The van der Waals surface area contributed by atoms with Gasteiger partial charge in [-0.2, -0.15) is 0 Å². The van der Waals surface area contributed by atoms with Gasteiger partial charge in [0.2, 0.25) is 5.91 Å². The number of benzene rings is 2. The van der Waals surface area contributed by atoms with Gasteiger partial charge < -0.3 is 10.6 Å². The molecule has 2 aromatic rings. The molecule has 0 aliphatic rings. The second kappa shape index (κ2) is 7.96. The number of hydrogen-bond acceptors (Lipinski definition) is 6. The van der Waals surface area contributed by atoms with Crippen molar-refractivity contribution in [2.45, 2.75) is 24.4 Å². The quantitative estimate of drug-likeness (QED) is 0.563. The molecule has 1 atom stereocenters. The third-order valence-electron chi connectivity index (χ3n) is 3.64. The summed E-state index contributed by atoms with van der Waals surface area (Å²) in [7, 11) is -3.79. The van der Waals surface area contributed by atoms with E-state index >= 15 is 0 Å². The van der Waals surface area contributed by atoms with Crippen LogP contribution in [0.15, 0.2) is 53.4 Å². The molecule has 0 fully saturated rings. The Kier molecular flexibility index (Phi) is 5.93. The highest BCUT2D eigenvalue weighted by Gasteiger charge is 2.23. The molecule has 138 valence electrons. The number of nitro groups is 1. The van der Waals surface area contributed by atoms with Gasteiger partial charge in [-0.05, 0) is 24.6 Å². The van der Waals surface area contributed by atoms with Crippen molar-refractivity contribution in [2.75, 3.05) is 11.6 Å². The Morgan fingerprint density at radius 2 is 1.85 bits per heavy atom. The molecule has 26 heavy (non-hydrogen) atoms. The van der Waals surface area contributed by atoms with Crippen molar-refractivity contribution in [1.82, 2.24) is 5.32 Å². The van der Waals surface area contributed by atoms with E-state index in [1.165, 1.54) is 6.07 Å². The molecule has 1 amide bonds. The van der Waals surface area contributed by atoms with Crippen LogP contribution < -0.4 is 10.6 Å². The summed E-state index contributed by atoms with van der Waals surface area (Å²) < 4.78 is 23.6. The fraction of sp³-hybridized carbons (Fsp3) is 0.235. The fourth-order valence-corrected chi connectivity index (χ4v) is 3.17. The molecule has 2 rings (SSSR count). The number of amides is 1. The van der Waals surface area contributed by atoms with Gasteiger partial charge in [-0.25, -0.2) is 8.42 Å². The van der Waals surface area contributed by atoms with E-state index in [0.717, 1.165) is 24.0 Å². The molecule has 2 N–H and O–H groups in total. The number of carbonyl (C=O) groups excluding carboxylic acids is 1. The van der Waals surface area contributed by atoms with Crippen molar-refractivity contribution in [3.05, 3.63) is 64.2 Å². The summed E-state index contributed by atoms with van der Waals surface area (Å²) in [5.41, 5.74) is 0.750. The second-order valence-corrected chi connectivity index (χ2v) is 7.77. The van der Waals surface area contributed by atoms with Gasteiger partial charge in [-0.3, -0.25) is 14.9 Å². The van der Waals surface area contributed by atoms with Crippen LogP contribution in [-0.2, 0) is 21.2 Å². The molecule has 0 aliphatic carbocycles. The lowest BCUT2D eigenvalue weighted by Gasteiger charge is -2.16. The van der Waals surface area contributed by atoms with E-state index in [-0.39, 0.29) is 5.91 Å². The van der Waals surface area contributed by atoms with Gasteiger partial charge in [0.1, 0.15) is 10.9 Å². The van der Waals surface area contributed by atoms with E-state index in [9.17, 15) is 23.3 Å². The third kappa shape index (κ3) is 5.03. The van der Waals surface area contributed by atoms with E-state index < -0.39 is 31.4 Å². The lowest BCUT2D eigenvalue weighted by atomic mass is 10.2. The van der Waals surface area contributed by atoms with E-state index in [1.54, 1.807) is 6.92 Å². The maximum absolute atomic E-state index is 12.2. The van der Waals surface area contributed by atoms with Crippen LogP contribution in [0.25, 0.3) is 0 Å². The third-order valence-corrected chi connectivity index (χ3v) is 4.77. The van der Waals surface area contributed by atoms with Crippen molar-refractivity contribution in [2.24, 2.45) is 0 Å². The van der Waals surface area contributed by atoms with Gasteiger partial charge in [0.05, 0.1) is 4.92 Å². The maximum Gasteiger partial charge on any atom is 0.288 e. The molecular formula is C17H19N3O5S. The van der Waals surface area contributed by atoms with Gasteiger partial charge in [0.15, 0.2) is 9.84 Å². The average molecular weight is 377 g/mol. The summed E-state index contributed by atoms with van der Waals surface area (Å²) in [4.78, 5) is 22.0. The SMILES string of the molecule is CC(Nc1ccc([N+](=O)[O-])c(S(C)(=O)=O)c1)C(=O)NCc1ccccc1. The van der Waals surface area contributed by atoms with Gasteiger partial charge in [-0.1, -0.05) is 30.3 Å². The molecule has 0 spiro atoms. The summed E-state index contributed by atoms with van der Waals surface area (Å²) in [6.07, 6.45) is 0.898. The lowest BCUT2D eigenvalue weighted by molar-refractivity contribution is -0.387. The van der Waals surface area contributed by atoms with Gasteiger partial charge in [0, 0.05) is 24.6 Å². The lowest BCUT2D eigenvalue weighted by Crippen LogP contribution is -2.37. The minimum absolute atomic E-state index is 0.284. The highest BCUT2D eigenvalue weighted by atomic mass is 32.2. The zero-order valence-electron chi connectivity index (χ0n) is 14.3. The van der Waals surface area contributed by atoms with Crippen molar-refractivity contribution in [3.8, 4) is 0 Å². The standard InChI is InChI=1S/C17H19N3O5S/c1-12(17(21)18-11-13-6-4-3-5-7-13)19-14-8-9-15(20(22)23)16(10-14)26(2,24)25/h3-10,12,19H,11H2,1-2H3,(H,18,21). The first-order valence-corrected chi connectivity index (χ1v) is 9.64. The molecule has 0 saturated carbocycles. The van der Waals surface area contributed by atoms with Crippen molar-refractivity contribution in [1.29, 1.82) is 0 Å². The molecule has 1 unspecified atom stereocenters. The highest BCUT2D eigenvalue weighted by molar-refractivity contribution is 7.90. The topological polar surface area (TPSA) is 118 Å². The van der Waals surface area contributed by atoms with Crippen LogP contribution in [0.4, 0.5) is 11.4 Å². The Morgan fingerprint density at radius 3 is 2.42 bits per heavy atom. The first-order chi connectivity index (χ1) is 12.2. The molecule has 0 saturated heterocycles. The van der Waals surface area contributed by atoms with Crippen molar-refractivity contribution >= 4 is 27.1 Å². The Bertz CT molecular complexity index is 913. The van der Waals surface area contributed by atoms with Crippen LogP contribution in [0.3, 0.4) is 0 Å². The average Bonchev–Trinajstić information content (AvgIpc) is 2.59. The van der Waals surface area contributed by atoms with Crippen LogP contribution >= 0.6 is 0 Å². The number of anilines is 1. The maximum atomic E-state index is 12.2. The molecule has 9 heteroatoms. The summed E-state index contributed by atoms with van der Waals surface area (Å²) in [5.74, 6) is -0.284. The van der Waals surface area contributed by atoms with Crippen LogP contribution in [-0.4, -0.2) is 31.5 Å². The Labute approximate surface area is 151 Å².